The Kier molecular flexibility index (Phi) is 5.74. The molecular weight excluding hydrogens is 464 g/mol. The molecule has 1 aromatic heterocycles. The van der Waals surface area contributed by atoms with Gasteiger partial charge in [-0.1, -0.05) is 53.3 Å². The second-order valence-electron chi connectivity index (χ2n) is 8.11. The van der Waals surface area contributed by atoms with Gasteiger partial charge in [0.25, 0.3) is 5.78 Å². The summed E-state index contributed by atoms with van der Waals surface area (Å²) in [5, 5.41) is 11.7. The van der Waals surface area contributed by atoms with Crippen molar-refractivity contribution in [3.05, 3.63) is 89.0 Å². The van der Waals surface area contributed by atoms with Gasteiger partial charge in [-0.05, 0) is 37.3 Å². The first-order chi connectivity index (χ1) is 16.9. The molecule has 176 valence electrons. The predicted molar refractivity (Wildman–Crippen MR) is 135 cm³/mol. The molecule has 35 heavy (non-hydrogen) atoms. The van der Waals surface area contributed by atoms with Crippen molar-refractivity contribution >= 4 is 44.1 Å². The lowest BCUT2D eigenvalue weighted by atomic mass is 9.94. The minimum absolute atomic E-state index is 0.0373. The van der Waals surface area contributed by atoms with Crippen LogP contribution in [-0.4, -0.2) is 36.0 Å². The fourth-order valence-electron chi connectivity index (χ4n) is 4.21. The molecule has 0 spiro atoms. The highest BCUT2D eigenvalue weighted by Crippen LogP contribution is 2.47. The number of ketones is 1. The molecule has 3 aromatic carbocycles. The normalized spacial score (nSPS) is 17.2. The summed E-state index contributed by atoms with van der Waals surface area (Å²) in [6, 6.07) is 18.8. The maximum absolute atomic E-state index is 13.4. The summed E-state index contributed by atoms with van der Waals surface area (Å²) in [7, 11) is 3.04. The number of nitrogens with zero attached hydrogens (tertiary/aromatic N) is 2. The average molecular weight is 487 g/mol. The third-order valence-corrected chi connectivity index (χ3v) is 7.03. The molecule has 2 heterocycles. The fraction of sp³-hybridized carbons (Fsp3) is 0.148. The highest BCUT2D eigenvalue weighted by atomic mass is 32.1. The van der Waals surface area contributed by atoms with E-state index in [1.807, 2.05) is 43.3 Å². The lowest BCUT2D eigenvalue weighted by Gasteiger charge is -2.25. The molecule has 0 aliphatic carbocycles. The summed E-state index contributed by atoms with van der Waals surface area (Å²) >= 11 is 1.30. The van der Waals surface area contributed by atoms with Crippen molar-refractivity contribution in [1.29, 1.82) is 0 Å². The summed E-state index contributed by atoms with van der Waals surface area (Å²) in [6.07, 6.45) is 0. The first-order valence-electron chi connectivity index (χ1n) is 10.9. The first kappa shape index (κ1) is 22.6. The molecule has 1 aliphatic rings. The highest BCUT2D eigenvalue weighted by Gasteiger charge is 2.49. The van der Waals surface area contributed by atoms with E-state index in [0.29, 0.717) is 33.3 Å². The van der Waals surface area contributed by atoms with E-state index in [9.17, 15) is 14.7 Å². The number of anilines is 1. The fourth-order valence-corrected chi connectivity index (χ4v) is 5.20. The number of aryl methyl sites for hydroxylation is 1. The number of hydrogen-bond acceptors (Lipinski definition) is 7. The zero-order chi connectivity index (χ0) is 24.7. The third kappa shape index (κ3) is 3.81. The van der Waals surface area contributed by atoms with Gasteiger partial charge in [0.05, 0.1) is 30.0 Å². The number of aromatic nitrogens is 1. The van der Waals surface area contributed by atoms with E-state index < -0.39 is 17.7 Å². The van der Waals surface area contributed by atoms with Gasteiger partial charge in [-0.25, -0.2) is 4.98 Å². The van der Waals surface area contributed by atoms with Crippen molar-refractivity contribution in [2.45, 2.75) is 13.0 Å². The smallest absolute Gasteiger partial charge is 0.301 e. The van der Waals surface area contributed by atoms with E-state index in [1.165, 1.54) is 30.5 Å². The van der Waals surface area contributed by atoms with Crippen molar-refractivity contribution in [1.82, 2.24) is 4.98 Å². The Balaban J connectivity index is 1.78. The summed E-state index contributed by atoms with van der Waals surface area (Å²) in [6.45, 7) is 1.93. The van der Waals surface area contributed by atoms with Gasteiger partial charge in [0.2, 0.25) is 0 Å². The molecular formula is C27H22N2O5S. The number of ether oxygens (including phenoxy) is 2. The Morgan fingerprint density at radius 3 is 2.43 bits per heavy atom. The highest BCUT2D eigenvalue weighted by molar-refractivity contribution is 7.22. The maximum Gasteiger partial charge on any atom is 0.301 e. The van der Waals surface area contributed by atoms with E-state index in [1.54, 1.807) is 30.3 Å². The molecule has 0 saturated carbocycles. The molecule has 1 amide bonds. The summed E-state index contributed by atoms with van der Waals surface area (Å²) in [5.74, 6) is -0.865. The number of hydrogen-bond donors (Lipinski definition) is 1. The standard InChI is InChI=1S/C27H22N2O5S/c1-15-8-10-16(11-9-15)24(30)22-23(18-14-17(33-2)12-13-20(18)34-3)29(26(32)25(22)31)27-28-19-6-4-5-7-21(19)35-27/h4-14,23,30H,1-3H3/b24-22+. The topological polar surface area (TPSA) is 89.0 Å². The minimum Gasteiger partial charge on any atom is -0.507 e. The molecule has 4 aromatic rings. The van der Waals surface area contributed by atoms with E-state index in [2.05, 4.69) is 4.98 Å². The number of amides is 1. The molecule has 0 bridgehead atoms. The van der Waals surface area contributed by atoms with Gasteiger partial charge >= 0.3 is 5.91 Å². The minimum atomic E-state index is -0.970. The summed E-state index contributed by atoms with van der Waals surface area (Å²) in [4.78, 5) is 32.8. The Bertz CT molecular complexity index is 1460. The van der Waals surface area contributed by atoms with Gasteiger partial charge in [-0.2, -0.15) is 0 Å². The first-order valence-corrected chi connectivity index (χ1v) is 11.7. The maximum atomic E-state index is 13.4. The third-order valence-electron chi connectivity index (χ3n) is 5.99. The van der Waals surface area contributed by atoms with Gasteiger partial charge in [0.15, 0.2) is 5.13 Å². The van der Waals surface area contributed by atoms with Crippen LogP contribution in [0.15, 0.2) is 72.3 Å². The molecule has 0 radical (unpaired) electrons. The molecule has 8 heteroatoms. The van der Waals surface area contributed by atoms with Crippen LogP contribution in [-0.2, 0) is 9.59 Å². The quantitative estimate of drug-likeness (QED) is 0.236. The van der Waals surface area contributed by atoms with E-state index in [4.69, 9.17) is 9.47 Å². The number of rotatable bonds is 5. The van der Waals surface area contributed by atoms with Gasteiger partial charge in [0, 0.05) is 11.1 Å². The van der Waals surface area contributed by atoms with Crippen LogP contribution < -0.4 is 14.4 Å². The monoisotopic (exact) mass is 486 g/mol. The second-order valence-corrected chi connectivity index (χ2v) is 9.12. The number of benzene rings is 3. The Labute approximate surface area is 205 Å². The Morgan fingerprint density at radius 1 is 1.00 bits per heavy atom. The second kappa shape index (κ2) is 8.88. The SMILES string of the molecule is COc1ccc(OC)c(C2/C(=C(\O)c3ccc(C)cc3)C(=O)C(=O)N2c2nc3ccccc3s2)c1. The number of carbonyl (C=O) groups is 2. The Morgan fingerprint density at radius 2 is 1.74 bits per heavy atom. The molecule has 1 saturated heterocycles. The summed E-state index contributed by atoms with van der Waals surface area (Å²) < 4.78 is 11.9. The summed E-state index contributed by atoms with van der Waals surface area (Å²) in [5.41, 5.74) is 2.61. The van der Waals surface area contributed by atoms with Gasteiger partial charge in [-0.15, -0.1) is 0 Å². The van der Waals surface area contributed by atoms with Crippen LogP contribution in [0.1, 0.15) is 22.7 Å². The molecule has 5 rings (SSSR count). The molecule has 1 aliphatic heterocycles. The van der Waals surface area contributed by atoms with Gasteiger partial charge < -0.3 is 14.6 Å². The van der Waals surface area contributed by atoms with Crippen molar-refractivity contribution < 1.29 is 24.2 Å². The molecule has 1 fully saturated rings. The van der Waals surface area contributed by atoms with Crippen LogP contribution in [0.2, 0.25) is 0 Å². The Hall–Kier alpha value is -4.17. The number of aliphatic hydroxyl groups is 1. The van der Waals surface area contributed by atoms with Crippen molar-refractivity contribution in [2.24, 2.45) is 0 Å². The number of fused-ring (bicyclic) bond motifs is 1. The number of carbonyl (C=O) groups excluding carboxylic acids is 2. The van der Waals surface area contributed by atoms with Crippen LogP contribution in [0.4, 0.5) is 5.13 Å². The van der Waals surface area contributed by atoms with Gasteiger partial charge in [-0.3, -0.25) is 14.5 Å². The van der Waals surface area contributed by atoms with E-state index in [-0.39, 0.29) is 11.3 Å². The van der Waals surface area contributed by atoms with Gasteiger partial charge in [0.1, 0.15) is 23.3 Å². The number of thiazole rings is 1. The zero-order valence-corrected chi connectivity index (χ0v) is 20.1. The lowest BCUT2D eigenvalue weighted by molar-refractivity contribution is -0.132. The van der Waals surface area contributed by atoms with E-state index >= 15 is 0 Å². The molecule has 7 nitrogen and oxygen atoms in total. The van der Waals surface area contributed by atoms with Crippen molar-refractivity contribution in [2.75, 3.05) is 19.1 Å². The number of aliphatic hydroxyl groups excluding tert-OH is 1. The predicted octanol–water partition coefficient (Wildman–Crippen LogP) is 5.25. The van der Waals surface area contributed by atoms with Crippen LogP contribution in [0, 0.1) is 6.92 Å². The average Bonchev–Trinajstić information content (AvgIpc) is 3.42. The van der Waals surface area contributed by atoms with Crippen LogP contribution in [0.3, 0.4) is 0 Å². The van der Waals surface area contributed by atoms with Crippen LogP contribution >= 0.6 is 11.3 Å². The molecule has 1 unspecified atom stereocenters. The molecule has 1 N–H and O–H groups in total. The largest absolute Gasteiger partial charge is 0.507 e. The van der Waals surface area contributed by atoms with Crippen molar-refractivity contribution in [3.8, 4) is 11.5 Å². The van der Waals surface area contributed by atoms with Crippen LogP contribution in [0.25, 0.3) is 16.0 Å². The molecule has 1 atom stereocenters. The van der Waals surface area contributed by atoms with Crippen LogP contribution in [0.5, 0.6) is 11.5 Å². The van der Waals surface area contributed by atoms with Crippen molar-refractivity contribution in [3.63, 3.8) is 0 Å². The zero-order valence-electron chi connectivity index (χ0n) is 19.3. The lowest BCUT2D eigenvalue weighted by Crippen LogP contribution is -2.29. The number of Topliss-reactive ketones (excluding diaryl/α,β-unsaturated/α-hetero) is 1. The number of para-hydroxylation sites is 1. The number of methoxy groups -OCH3 is 2. The van der Waals surface area contributed by atoms with E-state index in [0.717, 1.165) is 10.3 Å².